The van der Waals surface area contributed by atoms with Crippen LogP contribution < -0.4 is 0 Å². The Labute approximate surface area is 450 Å². The molecule has 0 bridgehead atoms. The molecule has 0 aliphatic heterocycles. The lowest BCUT2D eigenvalue weighted by molar-refractivity contribution is -0.122. The van der Waals surface area contributed by atoms with Gasteiger partial charge in [-0.25, -0.2) is 0 Å². The summed E-state index contributed by atoms with van der Waals surface area (Å²) in [7, 11) is 0. The van der Waals surface area contributed by atoms with Gasteiger partial charge in [0.15, 0.2) is 0 Å². The molecule has 0 radical (unpaired) electrons. The van der Waals surface area contributed by atoms with E-state index in [-0.39, 0.29) is 11.5 Å². The first-order valence-corrected chi connectivity index (χ1v) is 32.2. The lowest BCUT2D eigenvalue weighted by Crippen LogP contribution is -2.55. The Bertz CT molecular complexity index is 1970. The Morgan fingerprint density at radius 1 is 0.616 bits per heavy atom. The average Bonchev–Trinajstić information content (AvgIpc) is 3.84. The molecule has 412 valence electrons. The van der Waals surface area contributed by atoms with E-state index in [1.807, 2.05) is 12.1 Å². The van der Waals surface area contributed by atoms with Gasteiger partial charge in [-0.05, 0) is 195 Å². The molecule has 0 spiro atoms. The second kappa shape index (κ2) is 28.0. The Balaban J connectivity index is 0.000000214. The SMILES string of the molecule is CCCCCCC(C)CCCCCC=CC[C@]1(O)C[C@@]2(C)C(CC[C@@H]2C)C2CCc3cc(C)ccc3C21.CCCCCCC(C)CCCCCCCC[C@H]1C[C@@]2(C)C(CC[C@@H]2O)C2CCc3cc(O)ccc3C21. The van der Waals surface area contributed by atoms with Gasteiger partial charge < -0.3 is 15.3 Å². The highest BCUT2D eigenvalue weighted by Crippen LogP contribution is 2.67. The molecule has 73 heavy (non-hydrogen) atoms. The molecular weight excluding hydrogens is 889 g/mol. The molecule has 6 aliphatic rings. The monoisotopic (exact) mass is 1000 g/mol. The van der Waals surface area contributed by atoms with Crippen LogP contribution in [0.5, 0.6) is 5.75 Å². The summed E-state index contributed by atoms with van der Waals surface area (Å²) in [5.41, 5.74) is 7.07. The van der Waals surface area contributed by atoms with Crippen LogP contribution in [0.1, 0.15) is 294 Å². The smallest absolute Gasteiger partial charge is 0.115 e. The van der Waals surface area contributed by atoms with E-state index in [0.29, 0.717) is 46.7 Å². The zero-order valence-corrected chi connectivity index (χ0v) is 48.9. The number of allylic oxidation sites excluding steroid dienone is 1. The zero-order chi connectivity index (χ0) is 52.0. The minimum atomic E-state index is -0.608. The van der Waals surface area contributed by atoms with Crippen LogP contribution in [0.25, 0.3) is 0 Å². The van der Waals surface area contributed by atoms with Crippen molar-refractivity contribution in [3.8, 4) is 5.75 Å². The van der Waals surface area contributed by atoms with Crippen LogP contribution in [-0.4, -0.2) is 27.0 Å². The van der Waals surface area contributed by atoms with Gasteiger partial charge in [0.1, 0.15) is 5.75 Å². The largest absolute Gasteiger partial charge is 0.508 e. The number of aliphatic hydroxyl groups is 2. The lowest BCUT2D eigenvalue weighted by atomic mass is 9.49. The van der Waals surface area contributed by atoms with Crippen LogP contribution in [0.3, 0.4) is 0 Å². The van der Waals surface area contributed by atoms with Crippen molar-refractivity contribution < 1.29 is 15.3 Å². The summed E-state index contributed by atoms with van der Waals surface area (Å²) in [6, 6.07) is 13.3. The number of unbranched alkanes of at least 4 members (excludes halogenated alkanes) is 14. The number of rotatable bonds is 27. The van der Waals surface area contributed by atoms with E-state index >= 15 is 0 Å². The summed E-state index contributed by atoms with van der Waals surface area (Å²) in [5.74, 6) is 7.39. The van der Waals surface area contributed by atoms with Gasteiger partial charge in [0.2, 0.25) is 0 Å². The van der Waals surface area contributed by atoms with Crippen molar-refractivity contribution in [1.82, 2.24) is 0 Å². The fraction of sp³-hybridized carbons (Fsp3) is 0.800. The zero-order valence-electron chi connectivity index (χ0n) is 48.9. The van der Waals surface area contributed by atoms with E-state index in [1.165, 1.54) is 220 Å². The first kappa shape index (κ1) is 58.6. The second-order valence-electron chi connectivity index (χ2n) is 27.5. The van der Waals surface area contributed by atoms with E-state index in [1.54, 1.807) is 0 Å². The number of aryl methyl sites for hydroxylation is 3. The summed E-state index contributed by atoms with van der Waals surface area (Å²) in [6.45, 7) is 19.1. The first-order valence-electron chi connectivity index (χ1n) is 32.2. The predicted octanol–water partition coefficient (Wildman–Crippen LogP) is 19.9. The molecule has 3 heteroatoms. The summed E-state index contributed by atoms with van der Waals surface area (Å²) < 4.78 is 0. The fourth-order valence-electron chi connectivity index (χ4n) is 17.7. The van der Waals surface area contributed by atoms with Gasteiger partial charge in [-0.2, -0.15) is 0 Å². The Morgan fingerprint density at radius 2 is 1.18 bits per heavy atom. The highest BCUT2D eigenvalue weighted by Gasteiger charge is 2.61. The number of fused-ring (bicyclic) bond motifs is 10. The Hall–Kier alpha value is -2.10. The van der Waals surface area contributed by atoms with Crippen LogP contribution >= 0.6 is 0 Å². The van der Waals surface area contributed by atoms with Crippen molar-refractivity contribution in [1.29, 1.82) is 0 Å². The fourth-order valence-corrected chi connectivity index (χ4v) is 17.7. The number of aliphatic hydroxyl groups excluding tert-OH is 1. The molecule has 2 aromatic carbocycles. The van der Waals surface area contributed by atoms with Gasteiger partial charge >= 0.3 is 0 Å². The van der Waals surface area contributed by atoms with Gasteiger partial charge in [-0.3, -0.25) is 0 Å². The van der Waals surface area contributed by atoms with Crippen molar-refractivity contribution >= 4 is 0 Å². The maximum absolute atomic E-state index is 12.5. The summed E-state index contributed by atoms with van der Waals surface area (Å²) in [5, 5.41) is 33.6. The summed E-state index contributed by atoms with van der Waals surface area (Å²) in [4.78, 5) is 0. The van der Waals surface area contributed by atoms with Crippen molar-refractivity contribution in [2.45, 2.75) is 297 Å². The number of hydrogen-bond donors (Lipinski definition) is 3. The van der Waals surface area contributed by atoms with Gasteiger partial charge in [-0.15, -0.1) is 0 Å². The molecule has 0 heterocycles. The Morgan fingerprint density at radius 3 is 1.85 bits per heavy atom. The van der Waals surface area contributed by atoms with Gasteiger partial charge in [0, 0.05) is 5.92 Å². The highest BCUT2D eigenvalue weighted by molar-refractivity contribution is 5.42. The molecule has 2 aromatic rings. The Kier molecular flexibility index (Phi) is 22.5. The molecule has 3 nitrogen and oxygen atoms in total. The van der Waals surface area contributed by atoms with Crippen molar-refractivity contribution in [2.24, 2.45) is 58.2 Å². The van der Waals surface area contributed by atoms with Crippen LogP contribution in [0.4, 0.5) is 0 Å². The molecule has 0 aromatic heterocycles. The van der Waals surface area contributed by atoms with E-state index in [2.05, 4.69) is 91.8 Å². The number of phenolic OH excluding ortho intramolecular Hbond substituents is 1. The number of aromatic hydroxyl groups is 1. The standard InChI is InChI=1S/C36H58O.C34H56O2/c1-6-7-8-13-16-27(2)17-14-11-9-10-12-15-24-36(37)26-35(5)29(4)19-23-33(35)32-22-20-30-25-28(3)18-21-31(30)34(32)36;1-4-5-6-11-14-25(2)15-12-9-7-8-10-13-16-27-24-34(3)31(21-22-32(34)36)30-19-17-26-23-28(35)18-20-29(26)33(27)30/h12,15,18,21,25,27,29,32-34,37H,6-11,13-14,16-17,19-20,22-24,26H2,1-5H3;18,20,23,25,27,30-33,35-36H,4-17,19,21-22,24H2,1-3H3/t27?,29-,32?,33?,34?,35+,36-;25?,27-,30?,31?,32-,33?,34-/m00/s1. The molecule has 3 N–H and O–H groups in total. The maximum Gasteiger partial charge on any atom is 0.115 e. The molecule has 8 unspecified atom stereocenters. The second-order valence-corrected chi connectivity index (χ2v) is 27.5. The van der Waals surface area contributed by atoms with E-state index in [0.717, 1.165) is 49.4 Å². The normalized spacial score (nSPS) is 32.9. The number of phenols is 1. The molecule has 4 saturated carbocycles. The average molecular weight is 1000 g/mol. The van der Waals surface area contributed by atoms with Gasteiger partial charge in [0.25, 0.3) is 0 Å². The van der Waals surface area contributed by atoms with E-state index in [4.69, 9.17) is 0 Å². The summed E-state index contributed by atoms with van der Waals surface area (Å²) in [6.07, 6.45) is 49.0. The minimum Gasteiger partial charge on any atom is -0.508 e. The number of benzene rings is 2. The molecule has 4 fully saturated rings. The van der Waals surface area contributed by atoms with Crippen LogP contribution in [0.2, 0.25) is 0 Å². The topological polar surface area (TPSA) is 60.7 Å². The molecule has 0 amide bonds. The highest BCUT2D eigenvalue weighted by atomic mass is 16.3. The lowest BCUT2D eigenvalue weighted by Gasteiger charge is -2.58. The molecule has 8 rings (SSSR count). The van der Waals surface area contributed by atoms with E-state index < -0.39 is 5.60 Å². The third kappa shape index (κ3) is 14.7. The van der Waals surface area contributed by atoms with Crippen molar-refractivity contribution in [2.75, 3.05) is 0 Å². The molecule has 6 aliphatic carbocycles. The number of hydrogen-bond acceptors (Lipinski definition) is 3. The minimum absolute atomic E-state index is 0.110. The van der Waals surface area contributed by atoms with E-state index in [9.17, 15) is 15.3 Å². The third-order valence-corrected chi connectivity index (χ3v) is 22.1. The van der Waals surface area contributed by atoms with Gasteiger partial charge in [0.05, 0.1) is 11.7 Å². The molecule has 0 saturated heterocycles. The van der Waals surface area contributed by atoms with Crippen LogP contribution in [0.15, 0.2) is 48.6 Å². The molecular formula is C70H114O3. The predicted molar refractivity (Wildman–Crippen MR) is 313 cm³/mol. The summed E-state index contributed by atoms with van der Waals surface area (Å²) >= 11 is 0. The van der Waals surface area contributed by atoms with Crippen molar-refractivity contribution in [3.63, 3.8) is 0 Å². The van der Waals surface area contributed by atoms with Gasteiger partial charge in [-0.1, -0.05) is 219 Å². The quantitative estimate of drug-likeness (QED) is 0.0617. The van der Waals surface area contributed by atoms with Crippen LogP contribution in [-0.2, 0) is 12.8 Å². The van der Waals surface area contributed by atoms with Crippen LogP contribution in [0, 0.1) is 65.1 Å². The maximum atomic E-state index is 12.5. The first-order chi connectivity index (χ1) is 35.2. The molecule has 14 atom stereocenters. The third-order valence-electron chi connectivity index (χ3n) is 22.1. The van der Waals surface area contributed by atoms with Crippen molar-refractivity contribution in [3.05, 3.63) is 76.4 Å².